The highest BCUT2D eigenvalue weighted by Gasteiger charge is 2.49. The van der Waals surface area contributed by atoms with Crippen molar-refractivity contribution >= 4 is 52.1 Å². The van der Waals surface area contributed by atoms with Crippen LogP contribution in [0.5, 0.6) is 0 Å². The number of ether oxygens (including phenoxy) is 1. The highest BCUT2D eigenvalue weighted by atomic mass is 35.5. The van der Waals surface area contributed by atoms with E-state index in [0.29, 0.717) is 17.3 Å². The lowest BCUT2D eigenvalue weighted by molar-refractivity contribution is -0.141. The maximum Gasteiger partial charge on any atom is 0.412 e. The average molecular weight is 647 g/mol. The van der Waals surface area contributed by atoms with Gasteiger partial charge in [-0.3, -0.25) is 24.5 Å². The van der Waals surface area contributed by atoms with Crippen LogP contribution in [0.15, 0.2) is 71.5 Å². The van der Waals surface area contributed by atoms with Gasteiger partial charge in [0.2, 0.25) is 11.5 Å². The summed E-state index contributed by atoms with van der Waals surface area (Å²) in [6.45, 7) is 0.110. The highest BCUT2D eigenvalue weighted by molar-refractivity contribution is 6.31. The zero-order chi connectivity index (χ0) is 32.6. The van der Waals surface area contributed by atoms with Crippen LogP contribution in [-0.2, 0) is 32.8 Å². The lowest BCUT2D eigenvalue weighted by atomic mass is 9.82. The van der Waals surface area contributed by atoms with Crippen molar-refractivity contribution in [3.8, 4) is 0 Å². The summed E-state index contributed by atoms with van der Waals surface area (Å²) < 4.78 is 21.1. The van der Waals surface area contributed by atoms with Crippen LogP contribution in [0.25, 0.3) is 10.9 Å². The molecule has 4 N–H and O–H groups in total. The van der Waals surface area contributed by atoms with Crippen LogP contribution in [0.2, 0.25) is 5.02 Å². The lowest BCUT2D eigenvalue weighted by Crippen LogP contribution is -2.57. The normalized spacial score (nSPS) is 18.0. The third kappa shape index (κ3) is 6.03. The minimum absolute atomic E-state index is 0.0621. The van der Waals surface area contributed by atoms with Crippen LogP contribution in [0, 0.1) is 5.82 Å². The maximum absolute atomic E-state index is 15.4. The first kappa shape index (κ1) is 30.8. The summed E-state index contributed by atoms with van der Waals surface area (Å²) in [6.07, 6.45) is -0.448. The summed E-state index contributed by atoms with van der Waals surface area (Å²) >= 11 is 6.10. The summed E-state index contributed by atoms with van der Waals surface area (Å²) in [5.41, 5.74) is -0.182. The van der Waals surface area contributed by atoms with Crippen molar-refractivity contribution < 1.29 is 33.4 Å². The van der Waals surface area contributed by atoms with Crippen molar-refractivity contribution in [1.82, 2.24) is 15.2 Å². The number of rotatable bonds is 7. The number of anilines is 1. The van der Waals surface area contributed by atoms with Gasteiger partial charge >= 0.3 is 12.1 Å². The Morgan fingerprint density at radius 1 is 1.09 bits per heavy atom. The number of pyridine rings is 1. The third-order valence-electron chi connectivity index (χ3n) is 8.26. The smallest absolute Gasteiger partial charge is 0.412 e. The monoisotopic (exact) mass is 646 g/mol. The number of piperidine rings is 1. The number of aromatic amines is 1. The molecule has 0 radical (unpaired) electrons. The van der Waals surface area contributed by atoms with Crippen molar-refractivity contribution in [3.05, 3.63) is 110 Å². The molecule has 4 aromatic rings. The van der Waals surface area contributed by atoms with Gasteiger partial charge in [0.15, 0.2) is 11.4 Å². The summed E-state index contributed by atoms with van der Waals surface area (Å²) in [4.78, 5) is 68.0. The number of benzene rings is 3. The van der Waals surface area contributed by atoms with Crippen molar-refractivity contribution in [1.29, 1.82) is 0 Å². The maximum atomic E-state index is 15.4. The Morgan fingerprint density at radius 2 is 1.87 bits per heavy atom. The molecule has 1 fully saturated rings. The number of hydrogen-bond acceptors (Lipinski definition) is 6. The van der Waals surface area contributed by atoms with Gasteiger partial charge in [0.05, 0.1) is 29.2 Å². The number of fused-ring (bicyclic) bond motifs is 3. The number of likely N-dealkylation sites (tertiary alicyclic amines) is 1. The molecule has 0 bridgehead atoms. The molecule has 11 nitrogen and oxygen atoms in total. The van der Waals surface area contributed by atoms with E-state index in [1.165, 1.54) is 41.3 Å². The van der Waals surface area contributed by atoms with Gasteiger partial charge in [-0.2, -0.15) is 0 Å². The molecule has 1 aromatic heterocycles. The summed E-state index contributed by atoms with van der Waals surface area (Å²) in [6, 6.07) is 16.4. The van der Waals surface area contributed by atoms with Gasteiger partial charge in [0, 0.05) is 35.5 Å². The lowest BCUT2D eigenvalue weighted by Gasteiger charge is -2.45. The van der Waals surface area contributed by atoms with Crippen LogP contribution in [0.3, 0.4) is 0 Å². The van der Waals surface area contributed by atoms with Crippen LogP contribution in [0.1, 0.15) is 39.9 Å². The van der Waals surface area contributed by atoms with Gasteiger partial charge < -0.3 is 25.0 Å². The molecule has 13 heteroatoms. The van der Waals surface area contributed by atoms with E-state index in [9.17, 15) is 29.1 Å². The predicted octanol–water partition coefficient (Wildman–Crippen LogP) is 4.37. The fraction of sp³-hybridized carbons (Fsp3) is 0.242. The van der Waals surface area contributed by atoms with E-state index in [2.05, 4.69) is 15.6 Å². The Labute approximate surface area is 266 Å². The van der Waals surface area contributed by atoms with E-state index in [4.69, 9.17) is 16.3 Å². The average Bonchev–Trinajstić information content (AvgIpc) is 3.02. The highest BCUT2D eigenvalue weighted by Crippen LogP contribution is 2.45. The number of amides is 3. The number of halogens is 2. The standard InChI is InChI=1S/C33H28ClFN4O7/c34-22-8-10-24-28(29(22)35)33(46-32(45)38-24)11-4-12-39(17-33)31(44)25(13-18-5-2-1-3-6-18)37-30(43)19-7-9-23-21(14-19)20(16-27(41)42)15-26(40)36-23/h1-3,5-10,14-15,25H,4,11-13,16-17H2,(H,36,40)(H,37,43)(H,38,45)(H,41,42)/t25-,33-/m0/s1. The Balaban J connectivity index is 1.32. The molecule has 1 spiro atoms. The molecule has 3 heterocycles. The summed E-state index contributed by atoms with van der Waals surface area (Å²) in [5.74, 6) is -2.96. The first-order valence-electron chi connectivity index (χ1n) is 14.5. The Bertz CT molecular complexity index is 1950. The van der Waals surface area contributed by atoms with Crippen LogP contribution >= 0.6 is 11.6 Å². The third-order valence-corrected chi connectivity index (χ3v) is 8.55. The predicted molar refractivity (Wildman–Crippen MR) is 166 cm³/mol. The molecular formula is C33H28ClFN4O7. The van der Waals surface area contributed by atoms with Gasteiger partial charge in [0.1, 0.15) is 6.04 Å². The zero-order valence-electron chi connectivity index (χ0n) is 24.3. The SMILES string of the molecule is O=C(O)Cc1cc(=O)[nH]c2ccc(C(=O)N[C@@H](Cc3ccccc3)C(=O)N3CCC[C@@]4(C3)OC(=O)Nc3ccc(Cl)c(F)c34)cc12. The summed E-state index contributed by atoms with van der Waals surface area (Å²) in [5, 5.41) is 14.9. The van der Waals surface area contributed by atoms with Crippen molar-refractivity contribution in [3.63, 3.8) is 0 Å². The fourth-order valence-corrected chi connectivity index (χ4v) is 6.41. The van der Waals surface area contributed by atoms with E-state index in [-0.39, 0.29) is 53.3 Å². The number of carbonyl (C=O) groups is 4. The molecule has 3 aromatic carbocycles. The molecule has 0 saturated carbocycles. The molecule has 3 amide bonds. The first-order chi connectivity index (χ1) is 22.0. The molecule has 46 heavy (non-hydrogen) atoms. The summed E-state index contributed by atoms with van der Waals surface area (Å²) in [7, 11) is 0. The number of hydrogen-bond donors (Lipinski definition) is 4. The van der Waals surface area contributed by atoms with Crippen LogP contribution in [0.4, 0.5) is 14.9 Å². The molecular weight excluding hydrogens is 619 g/mol. The van der Waals surface area contributed by atoms with Crippen LogP contribution < -0.4 is 16.2 Å². The number of aromatic nitrogens is 1. The van der Waals surface area contributed by atoms with Crippen molar-refractivity contribution in [2.24, 2.45) is 0 Å². The zero-order valence-corrected chi connectivity index (χ0v) is 25.0. The number of H-pyrrole nitrogens is 1. The molecule has 0 aliphatic carbocycles. The number of nitrogens with zero attached hydrogens (tertiary/aromatic N) is 1. The van der Waals surface area contributed by atoms with Crippen LogP contribution in [-0.4, -0.2) is 58.0 Å². The van der Waals surface area contributed by atoms with E-state index in [1.54, 1.807) is 12.1 Å². The molecule has 6 rings (SSSR count). The minimum Gasteiger partial charge on any atom is -0.481 e. The van der Waals surface area contributed by atoms with Gasteiger partial charge in [0.25, 0.3) is 5.91 Å². The van der Waals surface area contributed by atoms with E-state index in [1.807, 2.05) is 18.2 Å². The van der Waals surface area contributed by atoms with E-state index < -0.39 is 53.3 Å². The van der Waals surface area contributed by atoms with Crippen molar-refractivity contribution in [2.75, 3.05) is 18.4 Å². The molecule has 2 aliphatic rings. The Hall–Kier alpha value is -5.23. The molecule has 2 aliphatic heterocycles. The molecule has 0 unspecified atom stereocenters. The van der Waals surface area contributed by atoms with Gasteiger partial charge in [-0.1, -0.05) is 41.9 Å². The Morgan fingerprint density at radius 3 is 2.63 bits per heavy atom. The molecule has 236 valence electrons. The number of carboxylic acids is 1. The van der Waals surface area contributed by atoms with E-state index >= 15 is 4.39 Å². The minimum atomic E-state index is -1.49. The Kier molecular flexibility index (Phi) is 8.22. The van der Waals surface area contributed by atoms with E-state index in [0.717, 1.165) is 5.56 Å². The number of nitrogens with one attached hydrogen (secondary N) is 3. The number of aliphatic carboxylic acids is 1. The topological polar surface area (TPSA) is 158 Å². The molecule has 1 saturated heterocycles. The van der Waals surface area contributed by atoms with Crippen molar-refractivity contribution in [2.45, 2.75) is 37.3 Å². The molecule has 2 atom stereocenters. The first-order valence-corrected chi connectivity index (χ1v) is 14.9. The number of carboxylic acid groups (broad SMARTS) is 1. The second kappa shape index (κ2) is 12.3. The second-order valence-corrected chi connectivity index (χ2v) is 11.8. The fourth-order valence-electron chi connectivity index (χ4n) is 6.25. The van der Waals surface area contributed by atoms with Gasteiger partial charge in [-0.05, 0) is 54.3 Å². The number of carbonyl (C=O) groups excluding carboxylic acids is 3. The second-order valence-electron chi connectivity index (χ2n) is 11.4. The largest absolute Gasteiger partial charge is 0.481 e. The quantitative estimate of drug-likeness (QED) is 0.232. The van der Waals surface area contributed by atoms with Gasteiger partial charge in [-0.15, -0.1) is 0 Å². The van der Waals surface area contributed by atoms with Gasteiger partial charge in [-0.25, -0.2) is 9.18 Å².